The van der Waals surface area contributed by atoms with E-state index in [4.69, 9.17) is 4.74 Å². The quantitative estimate of drug-likeness (QED) is 0.878. The lowest BCUT2D eigenvalue weighted by Gasteiger charge is -2.35. The number of methoxy groups -OCH3 is 1. The van der Waals surface area contributed by atoms with Crippen LogP contribution in [0.15, 0.2) is 24.3 Å². The summed E-state index contributed by atoms with van der Waals surface area (Å²) in [6.45, 7) is 1.82. The molecule has 0 bridgehead atoms. The third-order valence-corrected chi connectivity index (χ3v) is 3.86. The van der Waals surface area contributed by atoms with E-state index in [-0.39, 0.29) is 11.5 Å². The average Bonchev–Trinajstić information content (AvgIpc) is 2.48. The molecule has 0 radical (unpaired) electrons. The summed E-state index contributed by atoms with van der Waals surface area (Å²) in [4.78, 5) is 12.6. The molecule has 1 aromatic rings. The van der Waals surface area contributed by atoms with E-state index in [0.29, 0.717) is 25.1 Å². The van der Waals surface area contributed by atoms with Crippen molar-refractivity contribution in [1.29, 1.82) is 0 Å². The fraction of sp³-hybridized carbons (Fsp3) is 0.533. The minimum absolute atomic E-state index is 0.0982. The molecule has 4 nitrogen and oxygen atoms in total. The first-order valence-electron chi connectivity index (χ1n) is 6.97. The van der Waals surface area contributed by atoms with Gasteiger partial charge in [0.1, 0.15) is 0 Å². The summed E-state index contributed by atoms with van der Waals surface area (Å²) >= 11 is 0. The molecule has 1 aromatic carbocycles. The Labute approximate surface area is 122 Å². The van der Waals surface area contributed by atoms with Gasteiger partial charge in [-0.15, -0.1) is 0 Å². The number of ether oxygens (including phenoxy) is 1. The molecule has 0 aliphatic carbocycles. The fourth-order valence-corrected chi connectivity index (χ4v) is 2.63. The number of benzene rings is 1. The van der Waals surface area contributed by atoms with Crippen molar-refractivity contribution in [3.63, 3.8) is 0 Å². The van der Waals surface area contributed by atoms with Crippen LogP contribution in [0.2, 0.25) is 0 Å². The summed E-state index contributed by atoms with van der Waals surface area (Å²) in [5.41, 5.74) is -0.299. The highest BCUT2D eigenvalue weighted by atomic mass is 19.3. The molecule has 0 saturated carbocycles. The van der Waals surface area contributed by atoms with Gasteiger partial charge in [-0.1, -0.05) is 12.1 Å². The molecule has 0 spiro atoms. The lowest BCUT2D eigenvalue weighted by molar-refractivity contribution is -0.130. The van der Waals surface area contributed by atoms with Crippen LogP contribution >= 0.6 is 0 Å². The van der Waals surface area contributed by atoms with Crippen LogP contribution in [0.1, 0.15) is 24.8 Å². The Morgan fingerprint density at radius 2 is 2.14 bits per heavy atom. The zero-order valence-corrected chi connectivity index (χ0v) is 12.0. The zero-order chi connectivity index (χ0) is 15.3. The maximum atomic E-state index is 12.7. The van der Waals surface area contributed by atoms with Gasteiger partial charge in [0.2, 0.25) is 5.91 Å². The first-order valence-corrected chi connectivity index (χ1v) is 6.97. The van der Waals surface area contributed by atoms with Crippen molar-refractivity contribution in [2.45, 2.75) is 19.3 Å². The first kappa shape index (κ1) is 15.9. The second-order valence-corrected chi connectivity index (χ2v) is 5.34. The second-order valence-electron chi connectivity index (χ2n) is 5.34. The molecule has 6 heteroatoms. The minimum Gasteiger partial charge on any atom is -0.384 e. The Hall–Kier alpha value is -1.53. The number of carbonyl (C=O) groups excluding carboxylic acids is 1. The first-order chi connectivity index (χ1) is 10.1. The minimum atomic E-state index is -2.55. The molecule has 0 aromatic heterocycles. The number of rotatable bonds is 5. The second kappa shape index (κ2) is 6.95. The molecule has 116 valence electrons. The van der Waals surface area contributed by atoms with E-state index in [1.807, 2.05) is 0 Å². The van der Waals surface area contributed by atoms with Crippen molar-refractivity contribution in [2.75, 3.05) is 32.1 Å². The Bertz CT molecular complexity index is 483. The summed E-state index contributed by atoms with van der Waals surface area (Å²) in [6, 6.07) is 5.79. The standard InChI is InChI=1S/C15H20F2N2O2/c1-21-10-15(5-7-18-8-6-15)14(20)19-12-4-2-3-11(9-12)13(16)17/h2-4,9,13,18H,5-8,10H2,1H3,(H,19,20). The summed E-state index contributed by atoms with van der Waals surface area (Å²) in [5, 5.41) is 5.96. The topological polar surface area (TPSA) is 50.4 Å². The van der Waals surface area contributed by atoms with Gasteiger partial charge in [-0.3, -0.25) is 4.79 Å². The predicted octanol–water partition coefficient (Wildman–Crippen LogP) is 2.58. The highest BCUT2D eigenvalue weighted by molar-refractivity contribution is 5.95. The zero-order valence-electron chi connectivity index (χ0n) is 12.0. The SMILES string of the molecule is COCC1(C(=O)Nc2cccc(C(F)F)c2)CCNCC1. The molecule has 0 unspecified atom stereocenters. The van der Waals surface area contributed by atoms with Gasteiger partial charge >= 0.3 is 0 Å². The largest absolute Gasteiger partial charge is 0.384 e. The predicted molar refractivity (Wildman–Crippen MR) is 76.4 cm³/mol. The van der Waals surface area contributed by atoms with E-state index in [2.05, 4.69) is 10.6 Å². The molecule has 1 heterocycles. The van der Waals surface area contributed by atoms with E-state index in [9.17, 15) is 13.6 Å². The van der Waals surface area contributed by atoms with Crippen LogP contribution in [-0.4, -0.2) is 32.7 Å². The third kappa shape index (κ3) is 3.77. The molecule has 2 rings (SSSR count). The highest BCUT2D eigenvalue weighted by Crippen LogP contribution is 2.31. The Morgan fingerprint density at radius 1 is 1.43 bits per heavy atom. The number of piperidine rings is 1. The van der Waals surface area contributed by atoms with Crippen LogP contribution < -0.4 is 10.6 Å². The van der Waals surface area contributed by atoms with E-state index >= 15 is 0 Å². The number of carbonyl (C=O) groups is 1. The van der Waals surface area contributed by atoms with Crippen molar-refractivity contribution in [3.8, 4) is 0 Å². The van der Waals surface area contributed by atoms with Gasteiger partial charge in [0.25, 0.3) is 6.43 Å². The van der Waals surface area contributed by atoms with Crippen LogP contribution in [0.4, 0.5) is 14.5 Å². The van der Waals surface area contributed by atoms with E-state index in [0.717, 1.165) is 13.1 Å². The van der Waals surface area contributed by atoms with Crippen LogP contribution in [0.5, 0.6) is 0 Å². The number of anilines is 1. The smallest absolute Gasteiger partial charge is 0.263 e. The van der Waals surface area contributed by atoms with Crippen LogP contribution in [0.25, 0.3) is 0 Å². The molecular weight excluding hydrogens is 278 g/mol. The monoisotopic (exact) mass is 298 g/mol. The fourth-order valence-electron chi connectivity index (χ4n) is 2.63. The molecule has 21 heavy (non-hydrogen) atoms. The number of nitrogens with one attached hydrogen (secondary N) is 2. The van der Waals surface area contributed by atoms with E-state index in [1.54, 1.807) is 13.2 Å². The number of hydrogen-bond donors (Lipinski definition) is 2. The molecule has 1 fully saturated rings. The van der Waals surface area contributed by atoms with Gasteiger partial charge in [0.05, 0.1) is 12.0 Å². The van der Waals surface area contributed by atoms with Gasteiger partial charge in [0.15, 0.2) is 0 Å². The molecule has 1 aliphatic rings. The molecule has 1 saturated heterocycles. The molecule has 2 N–H and O–H groups in total. The van der Waals surface area contributed by atoms with Crippen LogP contribution in [0, 0.1) is 5.41 Å². The third-order valence-electron chi connectivity index (χ3n) is 3.86. The maximum Gasteiger partial charge on any atom is 0.263 e. The summed E-state index contributed by atoms with van der Waals surface area (Å²) in [7, 11) is 1.56. The summed E-state index contributed by atoms with van der Waals surface area (Å²) in [5.74, 6) is -0.169. The van der Waals surface area contributed by atoms with Gasteiger partial charge in [-0.2, -0.15) is 0 Å². The maximum absolute atomic E-state index is 12.7. The van der Waals surface area contributed by atoms with Crippen molar-refractivity contribution >= 4 is 11.6 Å². The molecule has 0 atom stereocenters. The Kier molecular flexibility index (Phi) is 5.25. The number of halogens is 2. The van der Waals surface area contributed by atoms with E-state index < -0.39 is 11.8 Å². The number of alkyl halides is 2. The highest BCUT2D eigenvalue weighted by Gasteiger charge is 2.39. The molecule has 1 aliphatic heterocycles. The lowest BCUT2D eigenvalue weighted by Crippen LogP contribution is -2.47. The molecule has 1 amide bonds. The average molecular weight is 298 g/mol. The number of amides is 1. The van der Waals surface area contributed by atoms with Gasteiger partial charge in [0, 0.05) is 18.4 Å². The Morgan fingerprint density at radius 3 is 2.76 bits per heavy atom. The normalized spacial score (nSPS) is 17.7. The van der Waals surface area contributed by atoms with Crippen LogP contribution in [-0.2, 0) is 9.53 Å². The van der Waals surface area contributed by atoms with E-state index in [1.165, 1.54) is 18.2 Å². The van der Waals surface area contributed by atoms with Crippen molar-refractivity contribution in [1.82, 2.24) is 5.32 Å². The van der Waals surface area contributed by atoms with Crippen LogP contribution in [0.3, 0.4) is 0 Å². The van der Waals surface area contributed by atoms with Gasteiger partial charge in [-0.25, -0.2) is 8.78 Å². The number of hydrogen-bond acceptors (Lipinski definition) is 3. The van der Waals surface area contributed by atoms with Gasteiger partial charge in [-0.05, 0) is 38.1 Å². The van der Waals surface area contributed by atoms with Crippen molar-refractivity contribution in [3.05, 3.63) is 29.8 Å². The summed E-state index contributed by atoms with van der Waals surface area (Å²) < 4.78 is 30.6. The van der Waals surface area contributed by atoms with Crippen molar-refractivity contribution in [2.24, 2.45) is 5.41 Å². The Balaban J connectivity index is 2.13. The molecular formula is C15H20F2N2O2. The lowest BCUT2D eigenvalue weighted by atomic mass is 9.78. The summed E-state index contributed by atoms with van der Waals surface area (Å²) in [6.07, 6.45) is -1.21. The van der Waals surface area contributed by atoms with Gasteiger partial charge < -0.3 is 15.4 Å². The van der Waals surface area contributed by atoms with Crippen molar-refractivity contribution < 1.29 is 18.3 Å².